The standard InChI is InChI=1S/C16H17N5O2S2/c1-8(24-16-19-12(18)6-13(22)20-16)14(23)21-15-10(7-17)9-4-2-3-5-11(9)25-15/h6,8H,2-5H2,1H3,(H,21,23)(H3,18,19,20,22)/t8-/m0/s1. The van der Waals surface area contributed by atoms with Crippen LogP contribution in [0.3, 0.4) is 0 Å². The zero-order valence-electron chi connectivity index (χ0n) is 13.6. The summed E-state index contributed by atoms with van der Waals surface area (Å²) in [4.78, 5) is 31.7. The lowest BCUT2D eigenvalue weighted by Crippen LogP contribution is -2.23. The number of anilines is 2. The Morgan fingerprint density at radius 3 is 3.00 bits per heavy atom. The van der Waals surface area contributed by atoms with Crippen LogP contribution in [0.15, 0.2) is 16.0 Å². The van der Waals surface area contributed by atoms with Crippen LogP contribution in [0.2, 0.25) is 0 Å². The second kappa shape index (κ2) is 7.29. The number of thioether (sulfide) groups is 1. The van der Waals surface area contributed by atoms with Crippen molar-refractivity contribution in [3.05, 3.63) is 32.4 Å². The number of nitrogens with one attached hydrogen (secondary N) is 2. The first-order chi connectivity index (χ1) is 12.0. The number of nitrogens with two attached hydrogens (primary N) is 1. The Hall–Kier alpha value is -2.31. The first-order valence-electron chi connectivity index (χ1n) is 7.87. The van der Waals surface area contributed by atoms with Crippen LogP contribution >= 0.6 is 23.1 Å². The average molecular weight is 375 g/mol. The molecule has 25 heavy (non-hydrogen) atoms. The van der Waals surface area contributed by atoms with E-state index in [9.17, 15) is 14.9 Å². The number of rotatable bonds is 4. The van der Waals surface area contributed by atoms with Crippen molar-refractivity contribution in [3.63, 3.8) is 0 Å². The van der Waals surface area contributed by atoms with Crippen molar-refractivity contribution in [1.29, 1.82) is 5.26 Å². The number of hydrogen-bond donors (Lipinski definition) is 3. The summed E-state index contributed by atoms with van der Waals surface area (Å²) in [6.45, 7) is 1.71. The molecule has 1 amide bonds. The van der Waals surface area contributed by atoms with Crippen LogP contribution in [0, 0.1) is 11.3 Å². The molecule has 1 aliphatic rings. The molecule has 0 saturated carbocycles. The number of fused-ring (bicyclic) bond motifs is 1. The normalized spacial score (nSPS) is 14.4. The summed E-state index contributed by atoms with van der Waals surface area (Å²) in [5.74, 6) is -0.137. The van der Waals surface area contributed by atoms with Crippen molar-refractivity contribution in [2.45, 2.75) is 43.0 Å². The summed E-state index contributed by atoms with van der Waals surface area (Å²) in [7, 11) is 0. The highest BCUT2D eigenvalue weighted by Crippen LogP contribution is 2.38. The van der Waals surface area contributed by atoms with Crippen LogP contribution in [0.1, 0.15) is 35.8 Å². The van der Waals surface area contributed by atoms with Crippen molar-refractivity contribution < 1.29 is 4.79 Å². The molecule has 9 heteroatoms. The van der Waals surface area contributed by atoms with Crippen molar-refractivity contribution in [2.75, 3.05) is 11.1 Å². The van der Waals surface area contributed by atoms with Gasteiger partial charge in [-0.2, -0.15) is 5.26 Å². The minimum absolute atomic E-state index is 0.108. The van der Waals surface area contributed by atoms with Gasteiger partial charge in [0.15, 0.2) is 5.16 Å². The molecule has 0 bridgehead atoms. The van der Waals surface area contributed by atoms with Gasteiger partial charge in [-0.3, -0.25) is 9.59 Å². The van der Waals surface area contributed by atoms with Crippen LogP contribution in [0.5, 0.6) is 0 Å². The second-order valence-electron chi connectivity index (χ2n) is 5.75. The van der Waals surface area contributed by atoms with E-state index in [2.05, 4.69) is 21.4 Å². The van der Waals surface area contributed by atoms with Gasteiger partial charge in [0.1, 0.15) is 16.9 Å². The molecular weight excluding hydrogens is 358 g/mol. The Labute approximate surface area is 152 Å². The average Bonchev–Trinajstić information content (AvgIpc) is 2.90. The molecule has 130 valence electrons. The van der Waals surface area contributed by atoms with Crippen molar-refractivity contribution >= 4 is 39.8 Å². The fraction of sp³-hybridized carbons (Fsp3) is 0.375. The van der Waals surface area contributed by atoms with Gasteiger partial charge in [-0.05, 0) is 38.2 Å². The molecule has 2 aromatic heterocycles. The molecular formula is C16H17N5O2S2. The number of amides is 1. The highest BCUT2D eigenvalue weighted by Gasteiger charge is 2.24. The molecule has 4 N–H and O–H groups in total. The second-order valence-corrected chi connectivity index (χ2v) is 8.19. The fourth-order valence-electron chi connectivity index (χ4n) is 2.72. The summed E-state index contributed by atoms with van der Waals surface area (Å²) < 4.78 is 0. The van der Waals surface area contributed by atoms with E-state index in [-0.39, 0.29) is 17.3 Å². The van der Waals surface area contributed by atoms with Gasteiger partial charge in [0, 0.05) is 10.9 Å². The molecule has 0 unspecified atom stereocenters. The molecule has 2 heterocycles. The lowest BCUT2D eigenvalue weighted by molar-refractivity contribution is -0.115. The number of aryl methyl sites for hydroxylation is 1. The molecule has 0 fully saturated rings. The quantitative estimate of drug-likeness (QED) is 0.556. The van der Waals surface area contributed by atoms with E-state index in [4.69, 9.17) is 5.73 Å². The van der Waals surface area contributed by atoms with E-state index in [1.54, 1.807) is 6.92 Å². The largest absolute Gasteiger partial charge is 0.383 e. The number of hydrogen-bond acceptors (Lipinski definition) is 7. The van der Waals surface area contributed by atoms with Crippen LogP contribution in [-0.4, -0.2) is 21.1 Å². The number of carbonyl (C=O) groups excluding carboxylic acids is 1. The van der Waals surface area contributed by atoms with Gasteiger partial charge < -0.3 is 16.0 Å². The van der Waals surface area contributed by atoms with Gasteiger partial charge in [0.2, 0.25) is 5.91 Å². The molecule has 0 saturated heterocycles. The van der Waals surface area contributed by atoms with E-state index in [0.717, 1.165) is 43.0 Å². The van der Waals surface area contributed by atoms with Crippen LogP contribution in [-0.2, 0) is 17.6 Å². The Bertz CT molecular complexity index is 912. The predicted molar refractivity (Wildman–Crippen MR) is 98.9 cm³/mol. The van der Waals surface area contributed by atoms with Gasteiger partial charge in [-0.1, -0.05) is 11.8 Å². The fourth-order valence-corrected chi connectivity index (χ4v) is 4.78. The zero-order valence-corrected chi connectivity index (χ0v) is 15.2. The first-order valence-corrected chi connectivity index (χ1v) is 9.56. The van der Waals surface area contributed by atoms with E-state index in [1.807, 2.05) is 0 Å². The Morgan fingerprint density at radius 2 is 2.28 bits per heavy atom. The van der Waals surface area contributed by atoms with E-state index < -0.39 is 5.25 Å². The lowest BCUT2D eigenvalue weighted by atomic mass is 9.96. The maximum absolute atomic E-state index is 12.5. The number of H-pyrrole nitrogens is 1. The highest BCUT2D eigenvalue weighted by atomic mass is 32.2. The van der Waals surface area contributed by atoms with E-state index in [1.165, 1.54) is 22.3 Å². The molecule has 1 atom stereocenters. The predicted octanol–water partition coefficient (Wildman–Crippen LogP) is 2.28. The number of aromatic nitrogens is 2. The molecule has 3 rings (SSSR count). The SMILES string of the molecule is C[C@H](Sc1nc(N)cc(=O)[nH]1)C(=O)Nc1sc2c(c1C#N)CCCC2. The lowest BCUT2D eigenvalue weighted by Gasteiger charge is -2.11. The van der Waals surface area contributed by atoms with Crippen LogP contribution < -0.4 is 16.6 Å². The van der Waals surface area contributed by atoms with E-state index >= 15 is 0 Å². The third kappa shape index (κ3) is 3.86. The van der Waals surface area contributed by atoms with Crippen molar-refractivity contribution in [2.24, 2.45) is 0 Å². The molecule has 1 aliphatic carbocycles. The maximum atomic E-state index is 12.5. The number of nitriles is 1. The van der Waals surface area contributed by atoms with Gasteiger partial charge in [0.05, 0.1) is 10.8 Å². The third-order valence-corrected chi connectivity index (χ3v) is 6.11. The van der Waals surface area contributed by atoms with E-state index in [0.29, 0.717) is 15.7 Å². The van der Waals surface area contributed by atoms with Crippen LogP contribution in [0.25, 0.3) is 0 Å². The van der Waals surface area contributed by atoms with Crippen molar-refractivity contribution in [3.8, 4) is 6.07 Å². The Balaban J connectivity index is 1.75. The van der Waals surface area contributed by atoms with Crippen LogP contribution in [0.4, 0.5) is 10.8 Å². The highest BCUT2D eigenvalue weighted by molar-refractivity contribution is 8.00. The summed E-state index contributed by atoms with van der Waals surface area (Å²) >= 11 is 2.60. The van der Waals surface area contributed by atoms with Gasteiger partial charge in [-0.15, -0.1) is 11.3 Å². The van der Waals surface area contributed by atoms with Gasteiger partial charge in [-0.25, -0.2) is 4.98 Å². The summed E-state index contributed by atoms with van der Waals surface area (Å²) in [5, 5.41) is 12.7. The molecule has 2 aromatic rings. The summed E-state index contributed by atoms with van der Waals surface area (Å²) in [5.41, 5.74) is 6.85. The number of nitrogens with zero attached hydrogens (tertiary/aromatic N) is 2. The zero-order chi connectivity index (χ0) is 18.0. The Kier molecular flexibility index (Phi) is 5.11. The summed E-state index contributed by atoms with van der Waals surface area (Å²) in [6, 6.07) is 3.41. The topological polar surface area (TPSA) is 125 Å². The molecule has 0 aromatic carbocycles. The van der Waals surface area contributed by atoms with Gasteiger partial charge in [0.25, 0.3) is 5.56 Å². The van der Waals surface area contributed by atoms with Crippen molar-refractivity contribution in [1.82, 2.24) is 9.97 Å². The number of nitrogen functional groups attached to an aromatic ring is 1. The minimum atomic E-state index is -0.504. The molecule has 7 nitrogen and oxygen atoms in total. The molecule has 0 spiro atoms. The first kappa shape index (κ1) is 17.5. The maximum Gasteiger partial charge on any atom is 0.253 e. The minimum Gasteiger partial charge on any atom is -0.383 e. The van der Waals surface area contributed by atoms with Gasteiger partial charge >= 0.3 is 0 Å². The Morgan fingerprint density at radius 1 is 1.52 bits per heavy atom. The molecule has 0 aliphatic heterocycles. The third-order valence-electron chi connectivity index (χ3n) is 3.92. The summed E-state index contributed by atoms with van der Waals surface area (Å²) in [6.07, 6.45) is 4.05. The molecule has 0 radical (unpaired) electrons. The smallest absolute Gasteiger partial charge is 0.253 e. The monoisotopic (exact) mass is 375 g/mol. The number of carbonyl (C=O) groups is 1. The number of aromatic amines is 1. The number of thiophene rings is 1.